The van der Waals surface area contributed by atoms with Crippen molar-refractivity contribution in [1.82, 2.24) is 15.5 Å². The fourth-order valence-electron chi connectivity index (χ4n) is 2.12. The smallest absolute Gasteiger partial charge is 0.246 e. The van der Waals surface area contributed by atoms with Crippen molar-refractivity contribution in [3.63, 3.8) is 0 Å². The van der Waals surface area contributed by atoms with Gasteiger partial charge in [-0.25, -0.2) is 0 Å². The summed E-state index contributed by atoms with van der Waals surface area (Å²) in [5.74, 6) is 1.32. The summed E-state index contributed by atoms with van der Waals surface area (Å²) in [6.07, 6.45) is 0.227. The standard InChI is InChI=1S/C18H15BrClN3O3/c19-13-2-1-3-15(10-13)25-9-8-16(24)21-11-17-22-18(23-26-17)12-4-6-14(20)7-5-12/h1-7,10H,8-9,11H2,(H,21,24). The first-order chi connectivity index (χ1) is 12.6. The number of hydrogen-bond acceptors (Lipinski definition) is 5. The number of aromatic nitrogens is 2. The molecule has 1 N–H and O–H groups in total. The number of halogens is 2. The number of hydrogen-bond donors (Lipinski definition) is 1. The minimum Gasteiger partial charge on any atom is -0.493 e. The van der Waals surface area contributed by atoms with Crippen LogP contribution >= 0.6 is 27.5 Å². The molecule has 0 aliphatic carbocycles. The van der Waals surface area contributed by atoms with Crippen molar-refractivity contribution in [2.24, 2.45) is 0 Å². The molecule has 2 aromatic carbocycles. The molecule has 0 atom stereocenters. The topological polar surface area (TPSA) is 77.2 Å². The molecule has 8 heteroatoms. The summed E-state index contributed by atoms with van der Waals surface area (Å²) in [5.41, 5.74) is 0.790. The van der Waals surface area contributed by atoms with Gasteiger partial charge in [0.2, 0.25) is 17.6 Å². The minimum absolute atomic E-state index is 0.161. The van der Waals surface area contributed by atoms with E-state index in [0.29, 0.717) is 22.5 Å². The predicted octanol–water partition coefficient (Wildman–Crippen LogP) is 4.24. The summed E-state index contributed by atoms with van der Waals surface area (Å²) in [7, 11) is 0. The van der Waals surface area contributed by atoms with Crippen LogP contribution in [0.25, 0.3) is 11.4 Å². The average molecular weight is 437 g/mol. The Morgan fingerprint density at radius 1 is 1.23 bits per heavy atom. The monoisotopic (exact) mass is 435 g/mol. The van der Waals surface area contributed by atoms with Crippen molar-refractivity contribution in [1.29, 1.82) is 0 Å². The van der Waals surface area contributed by atoms with Crippen LogP contribution in [0.1, 0.15) is 12.3 Å². The lowest BCUT2D eigenvalue weighted by molar-refractivity contribution is -0.121. The van der Waals surface area contributed by atoms with Crippen LogP contribution in [0.2, 0.25) is 5.02 Å². The zero-order valence-corrected chi connectivity index (χ0v) is 16.0. The zero-order valence-electron chi connectivity index (χ0n) is 13.6. The third-order valence-electron chi connectivity index (χ3n) is 3.40. The van der Waals surface area contributed by atoms with Gasteiger partial charge in [-0.3, -0.25) is 4.79 Å². The van der Waals surface area contributed by atoms with Gasteiger partial charge in [0.05, 0.1) is 19.6 Å². The molecule has 0 fully saturated rings. The van der Waals surface area contributed by atoms with E-state index in [1.54, 1.807) is 24.3 Å². The van der Waals surface area contributed by atoms with E-state index in [1.807, 2.05) is 24.3 Å². The number of carbonyl (C=O) groups is 1. The Morgan fingerprint density at radius 3 is 2.81 bits per heavy atom. The molecule has 1 heterocycles. The second kappa shape index (κ2) is 8.82. The van der Waals surface area contributed by atoms with Gasteiger partial charge in [0.25, 0.3) is 0 Å². The molecule has 3 rings (SSSR count). The average Bonchev–Trinajstić information content (AvgIpc) is 3.10. The first kappa shape index (κ1) is 18.4. The van der Waals surface area contributed by atoms with Gasteiger partial charge in [0, 0.05) is 15.1 Å². The molecule has 0 bridgehead atoms. The van der Waals surface area contributed by atoms with Gasteiger partial charge in [-0.2, -0.15) is 4.98 Å². The second-order valence-electron chi connectivity index (χ2n) is 5.35. The van der Waals surface area contributed by atoms with Crippen molar-refractivity contribution >= 4 is 33.4 Å². The molecule has 6 nitrogen and oxygen atoms in total. The van der Waals surface area contributed by atoms with E-state index in [9.17, 15) is 4.79 Å². The summed E-state index contributed by atoms with van der Waals surface area (Å²) in [6.45, 7) is 0.443. The summed E-state index contributed by atoms with van der Waals surface area (Å²) < 4.78 is 11.6. The number of nitrogens with one attached hydrogen (secondary N) is 1. The number of ether oxygens (including phenoxy) is 1. The summed E-state index contributed by atoms with van der Waals surface area (Å²) in [5, 5.41) is 7.25. The Morgan fingerprint density at radius 2 is 2.04 bits per heavy atom. The SMILES string of the molecule is O=C(CCOc1cccc(Br)c1)NCc1nc(-c2ccc(Cl)cc2)no1. The van der Waals surface area contributed by atoms with Crippen LogP contribution in [0.4, 0.5) is 0 Å². The fourth-order valence-corrected chi connectivity index (χ4v) is 2.63. The molecule has 0 aliphatic heterocycles. The highest BCUT2D eigenvalue weighted by atomic mass is 79.9. The van der Waals surface area contributed by atoms with Gasteiger partial charge in [-0.15, -0.1) is 0 Å². The molecule has 1 aromatic heterocycles. The van der Waals surface area contributed by atoms with Gasteiger partial charge < -0.3 is 14.6 Å². The van der Waals surface area contributed by atoms with E-state index >= 15 is 0 Å². The summed E-state index contributed by atoms with van der Waals surface area (Å²) in [6, 6.07) is 14.5. The highest BCUT2D eigenvalue weighted by Crippen LogP contribution is 2.19. The lowest BCUT2D eigenvalue weighted by Gasteiger charge is -2.06. The molecule has 0 aliphatic rings. The summed E-state index contributed by atoms with van der Waals surface area (Å²) in [4.78, 5) is 16.1. The highest BCUT2D eigenvalue weighted by molar-refractivity contribution is 9.10. The molecule has 0 unspecified atom stereocenters. The largest absolute Gasteiger partial charge is 0.493 e. The first-order valence-corrected chi connectivity index (χ1v) is 9.01. The molecule has 0 spiro atoms. The van der Waals surface area contributed by atoms with Crippen LogP contribution in [-0.2, 0) is 11.3 Å². The Bertz CT molecular complexity index is 883. The van der Waals surface area contributed by atoms with E-state index in [0.717, 1.165) is 10.0 Å². The maximum absolute atomic E-state index is 11.9. The van der Waals surface area contributed by atoms with Crippen molar-refractivity contribution in [2.45, 2.75) is 13.0 Å². The number of benzene rings is 2. The van der Waals surface area contributed by atoms with E-state index in [1.165, 1.54) is 0 Å². The number of nitrogens with zero attached hydrogens (tertiary/aromatic N) is 2. The van der Waals surface area contributed by atoms with Gasteiger partial charge in [-0.1, -0.05) is 38.8 Å². The van der Waals surface area contributed by atoms with Crippen molar-refractivity contribution in [3.05, 3.63) is 63.9 Å². The molecular weight excluding hydrogens is 422 g/mol. The van der Waals surface area contributed by atoms with Crippen LogP contribution in [0.3, 0.4) is 0 Å². The molecular formula is C18H15BrClN3O3. The Kier molecular flexibility index (Phi) is 6.25. The van der Waals surface area contributed by atoms with Gasteiger partial charge >= 0.3 is 0 Å². The van der Waals surface area contributed by atoms with Crippen molar-refractivity contribution < 1.29 is 14.1 Å². The molecule has 0 saturated carbocycles. The lowest BCUT2D eigenvalue weighted by Crippen LogP contribution is -2.24. The Hall–Kier alpha value is -2.38. The molecule has 0 radical (unpaired) electrons. The molecule has 0 saturated heterocycles. The van der Waals surface area contributed by atoms with Crippen LogP contribution in [-0.4, -0.2) is 22.7 Å². The van der Waals surface area contributed by atoms with E-state index in [4.69, 9.17) is 20.9 Å². The van der Waals surface area contributed by atoms with E-state index < -0.39 is 0 Å². The van der Waals surface area contributed by atoms with Gasteiger partial charge in [0.1, 0.15) is 5.75 Å². The molecule has 134 valence electrons. The molecule has 26 heavy (non-hydrogen) atoms. The number of carbonyl (C=O) groups excluding carboxylic acids is 1. The number of rotatable bonds is 7. The quantitative estimate of drug-likeness (QED) is 0.599. The third kappa shape index (κ3) is 5.31. The maximum atomic E-state index is 11.9. The minimum atomic E-state index is -0.161. The third-order valence-corrected chi connectivity index (χ3v) is 4.15. The Labute approximate surface area is 163 Å². The van der Waals surface area contributed by atoms with Crippen LogP contribution in [0.5, 0.6) is 5.75 Å². The number of amides is 1. The summed E-state index contributed by atoms with van der Waals surface area (Å²) >= 11 is 9.22. The van der Waals surface area contributed by atoms with Gasteiger partial charge in [-0.05, 0) is 42.5 Å². The van der Waals surface area contributed by atoms with E-state index in [-0.39, 0.29) is 25.5 Å². The molecule has 3 aromatic rings. The van der Waals surface area contributed by atoms with Crippen LogP contribution < -0.4 is 10.1 Å². The van der Waals surface area contributed by atoms with Crippen molar-refractivity contribution in [3.8, 4) is 17.1 Å². The van der Waals surface area contributed by atoms with Gasteiger partial charge in [0.15, 0.2) is 0 Å². The lowest BCUT2D eigenvalue weighted by atomic mass is 10.2. The maximum Gasteiger partial charge on any atom is 0.246 e. The van der Waals surface area contributed by atoms with Crippen LogP contribution in [0, 0.1) is 0 Å². The van der Waals surface area contributed by atoms with Crippen LogP contribution in [0.15, 0.2) is 57.5 Å². The predicted molar refractivity (Wildman–Crippen MR) is 101 cm³/mol. The van der Waals surface area contributed by atoms with E-state index in [2.05, 4.69) is 31.4 Å². The van der Waals surface area contributed by atoms with Crippen molar-refractivity contribution in [2.75, 3.05) is 6.61 Å². The fraction of sp³-hybridized carbons (Fsp3) is 0.167. The molecule has 1 amide bonds. The first-order valence-electron chi connectivity index (χ1n) is 7.84. The highest BCUT2D eigenvalue weighted by Gasteiger charge is 2.10. The second-order valence-corrected chi connectivity index (χ2v) is 6.70. The normalized spacial score (nSPS) is 10.5. The zero-order chi connectivity index (χ0) is 18.4. The Balaban J connectivity index is 1.44.